The molecule has 1 fully saturated rings. The minimum Gasteiger partial charge on any atom is -0.487 e. The Morgan fingerprint density at radius 3 is 2.63 bits per heavy atom. The van der Waals surface area contributed by atoms with E-state index in [4.69, 9.17) is 9.84 Å². The number of aromatic nitrogens is 5. The van der Waals surface area contributed by atoms with Crippen molar-refractivity contribution in [2.45, 2.75) is 64.6 Å². The Morgan fingerprint density at radius 1 is 1.18 bits per heavy atom. The van der Waals surface area contributed by atoms with Crippen molar-refractivity contribution in [3.63, 3.8) is 0 Å². The normalized spacial score (nSPS) is 17.6. The van der Waals surface area contributed by atoms with Gasteiger partial charge in [-0.1, -0.05) is 0 Å². The monoisotopic (exact) mass is 519 g/mol. The number of anilines is 1. The van der Waals surface area contributed by atoms with Crippen LogP contribution in [0.15, 0.2) is 42.9 Å². The average molecular weight is 520 g/mol. The van der Waals surface area contributed by atoms with Crippen molar-refractivity contribution in [3.05, 3.63) is 54.2 Å². The molecule has 0 atom stereocenters. The summed E-state index contributed by atoms with van der Waals surface area (Å²) >= 11 is 0. The number of fused-ring (bicyclic) bond motifs is 1. The summed E-state index contributed by atoms with van der Waals surface area (Å²) < 4.78 is 24.7. The third-order valence-corrected chi connectivity index (χ3v) is 6.83. The van der Waals surface area contributed by atoms with E-state index in [1.807, 2.05) is 46.4 Å². The second-order valence-corrected chi connectivity index (χ2v) is 10.1. The number of nitrogens with one attached hydrogen (secondary N) is 2. The van der Waals surface area contributed by atoms with E-state index in [2.05, 4.69) is 31.5 Å². The van der Waals surface area contributed by atoms with Crippen LogP contribution in [0.2, 0.25) is 0 Å². The van der Waals surface area contributed by atoms with E-state index < -0.39 is 5.82 Å². The molecular weight excluding hydrogens is 485 g/mol. The van der Waals surface area contributed by atoms with Crippen LogP contribution in [0.1, 0.15) is 62.9 Å². The SMILES string of the molecule is CCNc1cc2c(cn1)c(-c1cnn(C)c1)nn2C1CCC(Oc2ccc(C(=O)NC(C)C)cc2F)CC1. The summed E-state index contributed by atoms with van der Waals surface area (Å²) in [5.74, 6) is 0.179. The average Bonchev–Trinajstić information content (AvgIpc) is 3.49. The van der Waals surface area contributed by atoms with Crippen molar-refractivity contribution in [2.24, 2.45) is 7.05 Å². The fraction of sp³-hybridized carbons (Fsp3) is 0.429. The van der Waals surface area contributed by atoms with Crippen LogP contribution in [0.3, 0.4) is 0 Å². The number of hydrogen-bond acceptors (Lipinski definition) is 6. The molecule has 1 amide bonds. The molecule has 2 N–H and O–H groups in total. The predicted octanol–water partition coefficient (Wildman–Crippen LogP) is 5.10. The number of benzene rings is 1. The summed E-state index contributed by atoms with van der Waals surface area (Å²) in [4.78, 5) is 16.8. The highest BCUT2D eigenvalue weighted by atomic mass is 19.1. The summed E-state index contributed by atoms with van der Waals surface area (Å²) in [7, 11) is 1.89. The van der Waals surface area contributed by atoms with Crippen LogP contribution in [0, 0.1) is 5.82 Å². The Labute approximate surface area is 221 Å². The lowest BCUT2D eigenvalue weighted by atomic mass is 9.93. The highest BCUT2D eigenvalue weighted by molar-refractivity contribution is 5.94. The van der Waals surface area contributed by atoms with Gasteiger partial charge in [-0.3, -0.25) is 14.2 Å². The molecule has 3 aromatic heterocycles. The van der Waals surface area contributed by atoms with Crippen molar-refractivity contribution in [3.8, 4) is 17.0 Å². The second-order valence-electron chi connectivity index (χ2n) is 10.1. The molecule has 200 valence electrons. The number of ether oxygens (including phenoxy) is 1. The lowest BCUT2D eigenvalue weighted by Gasteiger charge is -2.29. The van der Waals surface area contributed by atoms with Gasteiger partial charge in [-0.15, -0.1) is 0 Å². The van der Waals surface area contributed by atoms with Crippen molar-refractivity contribution >= 4 is 22.6 Å². The van der Waals surface area contributed by atoms with Crippen LogP contribution in [-0.2, 0) is 7.05 Å². The molecule has 0 spiro atoms. The third-order valence-electron chi connectivity index (χ3n) is 6.83. The zero-order valence-corrected chi connectivity index (χ0v) is 22.2. The summed E-state index contributed by atoms with van der Waals surface area (Å²) in [5, 5.41) is 16.4. The number of amides is 1. The molecule has 0 radical (unpaired) electrons. The van der Waals surface area contributed by atoms with E-state index in [1.165, 1.54) is 6.07 Å². The molecular formula is C28H34FN7O2. The number of halogens is 1. The Bertz CT molecular complexity index is 1440. The van der Waals surface area contributed by atoms with Crippen LogP contribution >= 0.6 is 0 Å². The molecule has 1 aromatic carbocycles. The maximum Gasteiger partial charge on any atom is 0.251 e. The molecule has 10 heteroatoms. The van der Waals surface area contributed by atoms with E-state index in [0.29, 0.717) is 0 Å². The molecule has 4 aromatic rings. The van der Waals surface area contributed by atoms with Crippen LogP contribution in [0.25, 0.3) is 22.2 Å². The summed E-state index contributed by atoms with van der Waals surface area (Å²) in [5.41, 5.74) is 3.13. The molecule has 0 bridgehead atoms. The van der Waals surface area contributed by atoms with Crippen molar-refractivity contribution in [2.75, 3.05) is 11.9 Å². The summed E-state index contributed by atoms with van der Waals surface area (Å²) in [6, 6.07) is 6.62. The maximum absolute atomic E-state index is 14.7. The van der Waals surface area contributed by atoms with Gasteiger partial charge < -0.3 is 15.4 Å². The van der Waals surface area contributed by atoms with Crippen LogP contribution < -0.4 is 15.4 Å². The zero-order chi connectivity index (χ0) is 26.8. The number of aryl methyl sites for hydroxylation is 1. The number of carbonyl (C=O) groups is 1. The minimum absolute atomic E-state index is 0.0187. The largest absolute Gasteiger partial charge is 0.487 e. The lowest BCUT2D eigenvalue weighted by Crippen LogP contribution is -2.30. The summed E-state index contributed by atoms with van der Waals surface area (Å²) in [6.07, 6.45) is 8.80. The topological polar surface area (TPSA) is 98.9 Å². The number of nitrogens with zero attached hydrogens (tertiary/aromatic N) is 5. The highest BCUT2D eigenvalue weighted by Crippen LogP contribution is 2.36. The first kappa shape index (κ1) is 25.7. The minimum atomic E-state index is -0.522. The van der Waals surface area contributed by atoms with Gasteiger partial charge in [0, 0.05) is 54.6 Å². The molecule has 1 aliphatic rings. The number of carbonyl (C=O) groups excluding carboxylic acids is 1. The van der Waals surface area contributed by atoms with E-state index in [1.54, 1.807) is 16.8 Å². The van der Waals surface area contributed by atoms with Gasteiger partial charge >= 0.3 is 0 Å². The fourth-order valence-corrected chi connectivity index (χ4v) is 5.02. The van der Waals surface area contributed by atoms with E-state index in [9.17, 15) is 9.18 Å². The molecule has 1 saturated carbocycles. The predicted molar refractivity (Wildman–Crippen MR) is 145 cm³/mol. The molecule has 0 unspecified atom stereocenters. The molecule has 0 saturated heterocycles. The quantitative estimate of drug-likeness (QED) is 0.336. The van der Waals surface area contributed by atoms with Gasteiger partial charge in [-0.05, 0) is 64.7 Å². The van der Waals surface area contributed by atoms with Gasteiger partial charge in [-0.2, -0.15) is 10.2 Å². The summed E-state index contributed by atoms with van der Waals surface area (Å²) in [6.45, 7) is 6.56. The van der Waals surface area contributed by atoms with Gasteiger partial charge in [0.2, 0.25) is 0 Å². The molecule has 3 heterocycles. The molecule has 5 rings (SSSR count). The zero-order valence-electron chi connectivity index (χ0n) is 22.2. The Morgan fingerprint density at radius 2 is 1.97 bits per heavy atom. The highest BCUT2D eigenvalue weighted by Gasteiger charge is 2.27. The van der Waals surface area contributed by atoms with E-state index in [0.717, 1.165) is 60.2 Å². The number of pyridine rings is 1. The van der Waals surface area contributed by atoms with Crippen molar-refractivity contribution in [1.82, 2.24) is 29.9 Å². The first-order valence-corrected chi connectivity index (χ1v) is 13.2. The lowest BCUT2D eigenvalue weighted by molar-refractivity contribution is 0.0942. The third kappa shape index (κ3) is 5.34. The Hall–Kier alpha value is -3.95. The number of rotatable bonds is 8. The van der Waals surface area contributed by atoms with Crippen LogP contribution in [-0.4, -0.2) is 49.1 Å². The first-order chi connectivity index (χ1) is 18.3. The molecule has 9 nitrogen and oxygen atoms in total. The Kier molecular flexibility index (Phi) is 7.31. The van der Waals surface area contributed by atoms with Gasteiger partial charge in [0.25, 0.3) is 5.91 Å². The maximum atomic E-state index is 14.7. The molecule has 0 aliphatic heterocycles. The number of hydrogen-bond donors (Lipinski definition) is 2. The van der Waals surface area contributed by atoms with Crippen LogP contribution in [0.4, 0.5) is 10.2 Å². The van der Waals surface area contributed by atoms with E-state index in [-0.39, 0.29) is 35.4 Å². The smallest absolute Gasteiger partial charge is 0.251 e. The fourth-order valence-electron chi connectivity index (χ4n) is 5.02. The van der Waals surface area contributed by atoms with Gasteiger partial charge in [0.1, 0.15) is 11.5 Å². The van der Waals surface area contributed by atoms with Gasteiger partial charge in [0.15, 0.2) is 11.6 Å². The van der Waals surface area contributed by atoms with Crippen molar-refractivity contribution in [1.29, 1.82) is 0 Å². The molecule has 38 heavy (non-hydrogen) atoms. The van der Waals surface area contributed by atoms with Gasteiger partial charge in [-0.25, -0.2) is 9.37 Å². The van der Waals surface area contributed by atoms with Gasteiger partial charge in [0.05, 0.1) is 23.9 Å². The Balaban J connectivity index is 1.32. The molecule has 1 aliphatic carbocycles. The standard InChI is InChI=1S/C28H34FN7O2/c1-5-30-26-13-24-22(15-31-26)27(19-14-32-35(4)16-19)34-36(24)20-7-9-21(10-8-20)38-25-11-6-18(12-23(25)29)28(37)33-17(2)3/h6,11-17,20-21H,5,7-10H2,1-4H3,(H,30,31)(H,33,37). The van der Waals surface area contributed by atoms with Crippen LogP contribution in [0.5, 0.6) is 5.75 Å². The first-order valence-electron chi connectivity index (χ1n) is 13.2. The van der Waals surface area contributed by atoms with Crippen molar-refractivity contribution < 1.29 is 13.9 Å². The van der Waals surface area contributed by atoms with E-state index >= 15 is 0 Å². The second kappa shape index (κ2) is 10.8.